The summed E-state index contributed by atoms with van der Waals surface area (Å²) in [6.45, 7) is 1.44. The zero-order valence-electron chi connectivity index (χ0n) is 9.86. The number of hydrogen-bond donors (Lipinski definition) is 2. The number of aliphatic hydroxyl groups is 2. The number of unbranched alkanes of at least 4 members (excludes halogenated alkanes) is 2. The summed E-state index contributed by atoms with van der Waals surface area (Å²) in [6, 6.07) is 0.669. The van der Waals surface area contributed by atoms with E-state index in [2.05, 4.69) is 11.9 Å². The van der Waals surface area contributed by atoms with Crippen molar-refractivity contribution in [3.05, 3.63) is 0 Å². The van der Waals surface area contributed by atoms with Crippen molar-refractivity contribution in [2.75, 3.05) is 20.2 Å². The van der Waals surface area contributed by atoms with Crippen molar-refractivity contribution in [1.82, 2.24) is 4.90 Å². The molecule has 3 heteroatoms. The van der Waals surface area contributed by atoms with E-state index in [4.69, 9.17) is 5.11 Å². The van der Waals surface area contributed by atoms with Crippen LogP contribution in [0.3, 0.4) is 0 Å². The first-order chi connectivity index (χ1) is 7.24. The third-order valence-electron chi connectivity index (χ3n) is 3.46. The molecule has 1 fully saturated rings. The molecular weight excluding hydrogens is 190 g/mol. The highest BCUT2D eigenvalue weighted by atomic mass is 16.3. The van der Waals surface area contributed by atoms with Crippen LogP contribution in [0.2, 0.25) is 0 Å². The molecule has 2 N–H and O–H groups in total. The van der Waals surface area contributed by atoms with E-state index in [1.165, 1.54) is 6.42 Å². The molecule has 1 aliphatic rings. The molecule has 0 unspecified atom stereocenters. The van der Waals surface area contributed by atoms with E-state index in [1.54, 1.807) is 0 Å². The predicted molar refractivity (Wildman–Crippen MR) is 61.8 cm³/mol. The molecule has 3 nitrogen and oxygen atoms in total. The van der Waals surface area contributed by atoms with E-state index in [1.807, 2.05) is 0 Å². The van der Waals surface area contributed by atoms with Crippen LogP contribution in [0, 0.1) is 0 Å². The Labute approximate surface area is 93.1 Å². The van der Waals surface area contributed by atoms with Gasteiger partial charge in [0.1, 0.15) is 0 Å². The first-order valence-electron chi connectivity index (χ1n) is 6.23. The SMILES string of the molecule is CN(CCCCCO)C1CCC(O)CC1. The summed E-state index contributed by atoms with van der Waals surface area (Å²) in [6.07, 6.45) is 7.37. The molecule has 0 aromatic rings. The highest BCUT2D eigenvalue weighted by Crippen LogP contribution is 2.22. The molecule has 15 heavy (non-hydrogen) atoms. The maximum Gasteiger partial charge on any atom is 0.0541 e. The lowest BCUT2D eigenvalue weighted by atomic mass is 9.92. The number of nitrogens with zero attached hydrogens (tertiary/aromatic N) is 1. The normalized spacial score (nSPS) is 27.2. The summed E-state index contributed by atoms with van der Waals surface area (Å²) in [7, 11) is 2.18. The standard InChI is InChI=1S/C12H25NO2/c1-13(9-3-2-4-10-14)11-5-7-12(15)8-6-11/h11-12,14-15H,2-10H2,1H3. The molecule has 90 valence electrons. The highest BCUT2D eigenvalue weighted by molar-refractivity contribution is 4.77. The van der Waals surface area contributed by atoms with E-state index in [0.29, 0.717) is 12.6 Å². The van der Waals surface area contributed by atoms with Gasteiger partial charge in [0, 0.05) is 12.6 Å². The van der Waals surface area contributed by atoms with Crippen molar-refractivity contribution < 1.29 is 10.2 Å². The van der Waals surface area contributed by atoms with E-state index in [-0.39, 0.29) is 6.10 Å². The lowest BCUT2D eigenvalue weighted by Gasteiger charge is -2.33. The Kier molecular flexibility index (Phi) is 6.22. The fourth-order valence-electron chi connectivity index (χ4n) is 2.33. The van der Waals surface area contributed by atoms with Crippen molar-refractivity contribution in [1.29, 1.82) is 0 Å². The van der Waals surface area contributed by atoms with Crippen LogP contribution >= 0.6 is 0 Å². The topological polar surface area (TPSA) is 43.7 Å². The number of rotatable bonds is 6. The first-order valence-corrected chi connectivity index (χ1v) is 6.23. The Morgan fingerprint density at radius 2 is 1.73 bits per heavy atom. The van der Waals surface area contributed by atoms with Crippen LogP contribution in [0.1, 0.15) is 44.9 Å². The molecule has 0 amide bonds. The lowest BCUT2D eigenvalue weighted by Crippen LogP contribution is -2.36. The van der Waals surface area contributed by atoms with Crippen molar-refractivity contribution >= 4 is 0 Å². The Bertz CT molecular complexity index is 156. The summed E-state index contributed by atoms with van der Waals surface area (Å²) < 4.78 is 0. The maximum absolute atomic E-state index is 9.41. The van der Waals surface area contributed by atoms with Crippen molar-refractivity contribution in [2.24, 2.45) is 0 Å². The van der Waals surface area contributed by atoms with E-state index in [9.17, 15) is 5.11 Å². The Morgan fingerprint density at radius 3 is 2.33 bits per heavy atom. The minimum atomic E-state index is -0.0518. The van der Waals surface area contributed by atoms with Gasteiger partial charge in [-0.05, 0) is 58.5 Å². The van der Waals surface area contributed by atoms with Gasteiger partial charge in [-0.25, -0.2) is 0 Å². The minimum absolute atomic E-state index is 0.0518. The fourth-order valence-corrected chi connectivity index (χ4v) is 2.33. The molecule has 1 saturated carbocycles. The minimum Gasteiger partial charge on any atom is -0.396 e. The largest absolute Gasteiger partial charge is 0.396 e. The molecule has 0 spiro atoms. The van der Waals surface area contributed by atoms with Gasteiger partial charge in [0.05, 0.1) is 6.10 Å². The van der Waals surface area contributed by atoms with Crippen LogP contribution in [0.15, 0.2) is 0 Å². The van der Waals surface area contributed by atoms with Crippen molar-refractivity contribution in [3.8, 4) is 0 Å². The van der Waals surface area contributed by atoms with Gasteiger partial charge in [-0.2, -0.15) is 0 Å². The zero-order chi connectivity index (χ0) is 11.1. The van der Waals surface area contributed by atoms with Gasteiger partial charge in [-0.1, -0.05) is 0 Å². The molecule has 0 aromatic carbocycles. The van der Waals surface area contributed by atoms with Crippen molar-refractivity contribution in [2.45, 2.75) is 57.1 Å². The molecule has 0 bridgehead atoms. The quantitative estimate of drug-likeness (QED) is 0.658. The van der Waals surface area contributed by atoms with Gasteiger partial charge in [0.15, 0.2) is 0 Å². The predicted octanol–water partition coefficient (Wildman–Crippen LogP) is 1.38. The molecule has 0 atom stereocenters. The van der Waals surface area contributed by atoms with Gasteiger partial charge in [0.2, 0.25) is 0 Å². The van der Waals surface area contributed by atoms with Crippen molar-refractivity contribution in [3.63, 3.8) is 0 Å². The smallest absolute Gasteiger partial charge is 0.0541 e. The number of aliphatic hydroxyl groups excluding tert-OH is 2. The third kappa shape index (κ3) is 4.96. The number of hydrogen-bond acceptors (Lipinski definition) is 3. The Morgan fingerprint density at radius 1 is 1.07 bits per heavy atom. The highest BCUT2D eigenvalue weighted by Gasteiger charge is 2.21. The van der Waals surface area contributed by atoms with Crippen LogP contribution in [-0.4, -0.2) is 47.5 Å². The summed E-state index contributed by atoms with van der Waals surface area (Å²) in [5.41, 5.74) is 0. The lowest BCUT2D eigenvalue weighted by molar-refractivity contribution is 0.0835. The zero-order valence-corrected chi connectivity index (χ0v) is 9.86. The molecule has 1 rings (SSSR count). The first kappa shape index (κ1) is 12.9. The van der Waals surface area contributed by atoms with E-state index in [0.717, 1.165) is 45.1 Å². The van der Waals surface area contributed by atoms with Gasteiger partial charge >= 0.3 is 0 Å². The van der Waals surface area contributed by atoms with Crippen LogP contribution in [0.5, 0.6) is 0 Å². The van der Waals surface area contributed by atoms with Gasteiger partial charge in [0.25, 0.3) is 0 Å². The fraction of sp³-hybridized carbons (Fsp3) is 1.00. The van der Waals surface area contributed by atoms with Crippen LogP contribution < -0.4 is 0 Å². The second kappa shape index (κ2) is 7.20. The summed E-state index contributed by atoms with van der Waals surface area (Å²) in [5.74, 6) is 0. The van der Waals surface area contributed by atoms with Crippen LogP contribution in [-0.2, 0) is 0 Å². The Hall–Kier alpha value is -0.120. The second-order valence-electron chi connectivity index (χ2n) is 4.73. The summed E-state index contributed by atoms with van der Waals surface area (Å²) in [4.78, 5) is 2.42. The molecule has 0 radical (unpaired) electrons. The molecule has 0 aromatic heterocycles. The Balaban J connectivity index is 2.08. The molecule has 0 heterocycles. The second-order valence-corrected chi connectivity index (χ2v) is 4.73. The van der Waals surface area contributed by atoms with Gasteiger partial charge in [-0.3, -0.25) is 0 Å². The summed E-state index contributed by atoms with van der Waals surface area (Å²) >= 11 is 0. The van der Waals surface area contributed by atoms with Crippen LogP contribution in [0.25, 0.3) is 0 Å². The molecule has 0 aliphatic heterocycles. The monoisotopic (exact) mass is 215 g/mol. The van der Waals surface area contributed by atoms with Gasteiger partial charge in [-0.15, -0.1) is 0 Å². The average Bonchev–Trinajstić information content (AvgIpc) is 2.25. The van der Waals surface area contributed by atoms with Gasteiger partial charge < -0.3 is 15.1 Å². The van der Waals surface area contributed by atoms with E-state index < -0.39 is 0 Å². The molecule has 0 saturated heterocycles. The molecule has 1 aliphatic carbocycles. The maximum atomic E-state index is 9.41. The molecular formula is C12H25NO2. The third-order valence-corrected chi connectivity index (χ3v) is 3.46. The summed E-state index contributed by atoms with van der Waals surface area (Å²) in [5, 5.41) is 18.1. The average molecular weight is 215 g/mol. The van der Waals surface area contributed by atoms with Crippen LogP contribution in [0.4, 0.5) is 0 Å². The van der Waals surface area contributed by atoms with E-state index >= 15 is 0 Å².